The van der Waals surface area contributed by atoms with Crippen LogP contribution in [0.4, 0.5) is 22.7 Å². The molecule has 0 spiro atoms. The Kier molecular flexibility index (Phi) is 27.4. The molecule has 5 aromatic carbocycles. The Bertz CT molecular complexity index is 5890. The van der Waals surface area contributed by atoms with Crippen molar-refractivity contribution in [1.29, 1.82) is 0 Å². The lowest BCUT2D eigenvalue weighted by molar-refractivity contribution is -0.112. The summed E-state index contributed by atoms with van der Waals surface area (Å²) in [6.45, 7) is 31.9. The highest BCUT2D eigenvalue weighted by Gasteiger charge is 2.20. The molecular weight excluding hydrogens is 1470 g/mol. The monoisotopic (exact) mass is 1560 g/mol. The van der Waals surface area contributed by atoms with Crippen molar-refractivity contribution in [3.63, 3.8) is 0 Å². The number of hydrogen-bond acceptors (Lipinski definition) is 20. The van der Waals surface area contributed by atoms with E-state index in [-0.39, 0.29) is 41.1 Å². The largest absolute Gasteiger partial charge is 0.396 e. The third-order valence-electron chi connectivity index (χ3n) is 18.0. The summed E-state index contributed by atoms with van der Waals surface area (Å²) in [4.78, 5) is 91.5. The van der Waals surface area contributed by atoms with Crippen LogP contribution in [0, 0.1) is 53.3 Å². The molecule has 8 aromatic heterocycles. The van der Waals surface area contributed by atoms with Crippen LogP contribution >= 0.6 is 0 Å². The van der Waals surface area contributed by atoms with Gasteiger partial charge in [0.1, 0.15) is 37.5 Å². The standard InChI is InChI=1S/C25H30N6O2.C22H19N5O.C21H23N5O2.C18H21N5O2S/c1-25(2,3)15-20-16-26-17-23(28-20)31-18-27-21-8-7-19(14-22(21)31)29-24(32)6-4-5-9-30-10-12-33-13-11-30;1-3-22(28)26-17-8-9-19-20(11-17)27(14-24-19)21-13-23-12-18(25-21)10-16-6-4-15(2)5-7-16;1-4-5-21(28)25-16-6-7-18-19(9-16)26(13-24-18)20-10-17(22-12-23-20)8-15(11-27)14(2)3;1-5-26(24,25)22-13-6-7-15-16(8-13)23(12-20-15)17-11-19-10-14(21-17)9-18(2,3)4/h7-8,14,16-18H,5,9-13,15H2,1-3H3,(H,29,32);3-9,11-14H,1,10H2,2H3,(H,26,28);6-7,9-10,12-15,27H,8,11H2,1-3H3,(H,25,28);5-8,10-12,22H,1,9H2,2-4H3. The Morgan fingerprint density at radius 3 is 1.48 bits per heavy atom. The van der Waals surface area contributed by atoms with Gasteiger partial charge in [-0.1, -0.05) is 110 Å². The van der Waals surface area contributed by atoms with Gasteiger partial charge in [0.05, 0.1) is 98.7 Å². The van der Waals surface area contributed by atoms with Crippen LogP contribution in [-0.4, -0.2) is 154 Å². The van der Waals surface area contributed by atoms with E-state index in [9.17, 15) is 27.9 Å². The van der Waals surface area contributed by atoms with Crippen molar-refractivity contribution in [2.24, 2.45) is 22.7 Å². The summed E-state index contributed by atoms with van der Waals surface area (Å²) in [6, 6.07) is 32.0. The molecule has 14 rings (SSSR count). The van der Waals surface area contributed by atoms with E-state index >= 15 is 0 Å². The minimum absolute atomic E-state index is 0.0977. The third-order valence-corrected chi connectivity index (χ3v) is 19.0. The number of imidazole rings is 4. The fourth-order valence-corrected chi connectivity index (χ4v) is 12.8. The predicted octanol–water partition coefficient (Wildman–Crippen LogP) is 12.8. The summed E-state index contributed by atoms with van der Waals surface area (Å²) in [6.07, 6.45) is 23.6. The first kappa shape index (κ1) is 82.9. The number of hydrogen-bond donors (Lipinski definition) is 5. The highest BCUT2D eigenvalue weighted by atomic mass is 32.2. The minimum atomic E-state index is -3.57. The highest BCUT2D eigenvalue weighted by molar-refractivity contribution is 7.95. The number of rotatable bonds is 21. The predicted molar refractivity (Wildman–Crippen MR) is 448 cm³/mol. The molecule has 0 saturated carbocycles. The molecule has 1 aliphatic heterocycles. The number of anilines is 4. The van der Waals surface area contributed by atoms with E-state index in [2.05, 4.69) is 199 Å². The average molecular weight is 1560 g/mol. The number of fused-ring (bicyclic) bond motifs is 4. The molecule has 5 N–H and O–H groups in total. The molecule has 13 aromatic rings. The van der Waals surface area contributed by atoms with Gasteiger partial charge in [0.25, 0.3) is 21.8 Å². The topological polar surface area (TPSA) is 341 Å². The molecule has 1 unspecified atom stereocenters. The number of ether oxygens (including phenoxy) is 1. The first-order valence-corrected chi connectivity index (χ1v) is 38.9. The highest BCUT2D eigenvalue weighted by Crippen LogP contribution is 2.29. The molecule has 0 bridgehead atoms. The second-order valence-electron chi connectivity index (χ2n) is 30.1. The molecule has 115 heavy (non-hydrogen) atoms. The number of amides is 3. The van der Waals surface area contributed by atoms with Crippen LogP contribution in [0.25, 0.3) is 67.4 Å². The van der Waals surface area contributed by atoms with Crippen LogP contribution in [0.5, 0.6) is 0 Å². The molecule has 9 heterocycles. The Morgan fingerprint density at radius 1 is 0.565 bits per heavy atom. The van der Waals surface area contributed by atoms with E-state index < -0.39 is 10.0 Å². The Morgan fingerprint density at radius 2 is 1.02 bits per heavy atom. The van der Waals surface area contributed by atoms with E-state index in [0.29, 0.717) is 71.2 Å². The molecule has 0 radical (unpaired) electrons. The molecule has 28 nitrogen and oxygen atoms in total. The number of aliphatic hydroxyl groups excluding tert-OH is 1. The molecule has 590 valence electrons. The molecule has 29 heteroatoms. The van der Waals surface area contributed by atoms with E-state index in [0.717, 1.165) is 118 Å². The molecule has 1 atom stereocenters. The van der Waals surface area contributed by atoms with Crippen LogP contribution < -0.4 is 20.7 Å². The van der Waals surface area contributed by atoms with Crippen molar-refractivity contribution in [3.05, 3.63) is 230 Å². The summed E-state index contributed by atoms with van der Waals surface area (Å²) in [5, 5.41) is 18.8. The zero-order valence-electron chi connectivity index (χ0n) is 66.1. The first-order valence-electron chi connectivity index (χ1n) is 37.4. The second-order valence-corrected chi connectivity index (χ2v) is 31.7. The van der Waals surface area contributed by atoms with E-state index in [1.165, 1.54) is 23.5 Å². The summed E-state index contributed by atoms with van der Waals surface area (Å²) in [7, 11) is -3.57. The lowest BCUT2D eigenvalue weighted by Gasteiger charge is -2.25. The zero-order chi connectivity index (χ0) is 81.8. The summed E-state index contributed by atoms with van der Waals surface area (Å²) in [5.41, 5.74) is 14.9. The van der Waals surface area contributed by atoms with Crippen LogP contribution in [0.2, 0.25) is 0 Å². The molecular formula is C86H93N21O7S. The van der Waals surface area contributed by atoms with E-state index in [4.69, 9.17) is 14.7 Å². The molecule has 1 saturated heterocycles. The van der Waals surface area contributed by atoms with Gasteiger partial charge in [-0.15, -0.1) is 0 Å². The number of nitrogens with one attached hydrogen (secondary N) is 4. The van der Waals surface area contributed by atoms with Gasteiger partial charge >= 0.3 is 0 Å². The molecule has 0 aliphatic carbocycles. The Balaban J connectivity index is 0.000000152. The maximum Gasteiger partial charge on any atom is 0.300 e. The number of carbonyl (C=O) groups excluding carboxylic acids is 3. The summed E-state index contributed by atoms with van der Waals surface area (Å²) in [5.74, 6) is 12.9. The van der Waals surface area contributed by atoms with E-state index in [1.54, 1.807) is 104 Å². The fraction of sp³-hybridized carbons (Fsp3) is 0.291. The van der Waals surface area contributed by atoms with Crippen molar-refractivity contribution in [2.75, 3.05) is 60.1 Å². The second kappa shape index (κ2) is 38.0. The van der Waals surface area contributed by atoms with Gasteiger partial charge in [-0.05, 0) is 152 Å². The molecule has 3 amide bonds. The molecule has 1 aliphatic rings. The van der Waals surface area contributed by atoms with Gasteiger partial charge in [0, 0.05) is 91.9 Å². The normalized spacial score (nSPS) is 12.5. The van der Waals surface area contributed by atoms with E-state index in [1.807, 2.05) is 62.2 Å². The number of aryl methyl sites for hydroxylation is 1. The fourth-order valence-electron chi connectivity index (χ4n) is 12.3. The first-order chi connectivity index (χ1) is 55.2. The van der Waals surface area contributed by atoms with Gasteiger partial charge in [0.15, 0.2) is 17.5 Å². The van der Waals surface area contributed by atoms with Crippen molar-refractivity contribution >= 4 is 94.6 Å². The van der Waals surface area contributed by atoms with Crippen molar-refractivity contribution in [3.8, 4) is 47.0 Å². The quantitative estimate of drug-likeness (QED) is 0.0329. The summed E-state index contributed by atoms with van der Waals surface area (Å²) >= 11 is 0. The third kappa shape index (κ3) is 23.5. The maximum atomic E-state index is 12.3. The van der Waals surface area contributed by atoms with Gasteiger partial charge in [-0.2, -0.15) is 0 Å². The maximum absolute atomic E-state index is 12.3. The van der Waals surface area contributed by atoms with Crippen molar-refractivity contribution in [2.45, 2.75) is 101 Å². The number of nitrogens with zero attached hydrogens (tertiary/aromatic N) is 17. The minimum Gasteiger partial charge on any atom is -0.396 e. The van der Waals surface area contributed by atoms with Crippen LogP contribution in [0.3, 0.4) is 0 Å². The Labute approximate surface area is 668 Å². The zero-order valence-corrected chi connectivity index (χ0v) is 66.9. The molecule has 1 fully saturated rings. The van der Waals surface area contributed by atoms with Gasteiger partial charge < -0.3 is 25.8 Å². The van der Waals surface area contributed by atoms with Crippen LogP contribution in [-0.2, 0) is 54.8 Å². The number of aliphatic hydroxyl groups is 1. The van der Waals surface area contributed by atoms with Gasteiger partial charge in [0.2, 0.25) is 5.91 Å². The number of sulfonamides is 1. The number of benzene rings is 5. The van der Waals surface area contributed by atoms with Crippen molar-refractivity contribution in [1.82, 2.24) is 83.0 Å². The van der Waals surface area contributed by atoms with Crippen molar-refractivity contribution < 1.29 is 32.6 Å². The number of carbonyl (C=O) groups is 3. The number of morpholine rings is 1. The smallest absolute Gasteiger partial charge is 0.300 e. The SMILES string of the molecule is C=CC(=O)Nc1ccc2ncn(-c3cncc(Cc4ccc(C)cc4)n3)c2c1.C=CS(=O)(=O)Nc1ccc2ncn(-c3cncc(CC(C)(C)C)n3)c2c1.CC#CC(=O)Nc1ccc2ncn(-c3cc(CC(CO)C(C)C)ncn3)c2c1.CC(C)(C)Cc1cncc(-n2cnc3ccc(NC(=O)C#CCCN4CCOCC4)cc32)n1. The lowest BCUT2D eigenvalue weighted by atomic mass is 9.91. The average Bonchev–Trinajstić information content (AvgIpc) is 1.65. The number of aromatic nitrogens is 16. The Hall–Kier alpha value is -13.1. The van der Waals surface area contributed by atoms with Gasteiger partial charge in [-0.3, -0.25) is 57.2 Å². The van der Waals surface area contributed by atoms with Gasteiger partial charge in [-0.25, -0.2) is 53.3 Å². The van der Waals surface area contributed by atoms with Crippen LogP contribution in [0.15, 0.2) is 197 Å². The lowest BCUT2D eigenvalue weighted by Crippen LogP contribution is -2.36. The van der Waals surface area contributed by atoms with Crippen LogP contribution in [0.1, 0.15) is 103 Å². The summed E-state index contributed by atoms with van der Waals surface area (Å²) < 4.78 is 38.6.